The average Bonchev–Trinajstić information content (AvgIpc) is 3.35. The minimum atomic E-state index is -0.792. The maximum absolute atomic E-state index is 14.1. The normalized spacial score (nSPS) is 33.1. The van der Waals surface area contributed by atoms with Gasteiger partial charge in [0.2, 0.25) is 11.8 Å². The fourth-order valence-corrected chi connectivity index (χ4v) is 9.43. The molecule has 9 heteroatoms. The summed E-state index contributed by atoms with van der Waals surface area (Å²) < 4.78 is 4.62. The number of nitrogens with zero attached hydrogens (tertiary/aromatic N) is 1. The number of benzene rings is 1. The maximum Gasteiger partial charge on any atom is 0.310 e. The van der Waals surface area contributed by atoms with Crippen LogP contribution in [0.5, 0.6) is 0 Å². The highest BCUT2D eigenvalue weighted by atomic mass is 79.9. The molecule has 3 aliphatic rings. The van der Waals surface area contributed by atoms with Gasteiger partial charge in [0.05, 0.1) is 35.8 Å². The van der Waals surface area contributed by atoms with Crippen LogP contribution in [0.4, 0.5) is 0 Å². The number of esters is 1. The van der Waals surface area contributed by atoms with Crippen molar-refractivity contribution in [1.29, 1.82) is 0 Å². The van der Waals surface area contributed by atoms with Crippen LogP contribution in [0, 0.1) is 11.8 Å². The van der Waals surface area contributed by atoms with Crippen LogP contribution in [-0.2, 0) is 25.5 Å². The number of ether oxygens (including phenoxy) is 1. The number of carbonyl (C=O) groups excluding carboxylic acids is 3. The van der Waals surface area contributed by atoms with Crippen molar-refractivity contribution in [2.24, 2.45) is 11.8 Å². The molecule has 3 heterocycles. The Balaban J connectivity index is 1.78. The van der Waals surface area contributed by atoms with Gasteiger partial charge in [-0.2, -0.15) is 0 Å². The third-order valence-electron chi connectivity index (χ3n) is 6.95. The van der Waals surface area contributed by atoms with Crippen molar-refractivity contribution in [3.8, 4) is 0 Å². The van der Waals surface area contributed by atoms with Crippen LogP contribution in [0.15, 0.2) is 30.3 Å². The molecule has 3 saturated heterocycles. The largest absolute Gasteiger partial charge is 0.466 e. The SMILES string of the molecule is CCOC(=O)[C@H]1[C@@H]2SC3(CC2Br)C(C(=O)NC(C)(C)C)N([C@@H](CO)Cc2ccccc2)C(=O)[C@H]13. The lowest BCUT2D eigenvalue weighted by atomic mass is 9.71. The highest BCUT2D eigenvalue weighted by Crippen LogP contribution is 2.68. The van der Waals surface area contributed by atoms with E-state index in [9.17, 15) is 19.5 Å². The summed E-state index contributed by atoms with van der Waals surface area (Å²) in [6.45, 7) is 7.43. The summed E-state index contributed by atoms with van der Waals surface area (Å²) in [4.78, 5) is 42.5. The molecular weight excluding hydrogens is 520 g/mol. The number of thioether (sulfide) groups is 1. The van der Waals surface area contributed by atoms with Gasteiger partial charge in [-0.25, -0.2) is 0 Å². The molecule has 34 heavy (non-hydrogen) atoms. The molecule has 1 aromatic rings. The van der Waals surface area contributed by atoms with E-state index in [0.717, 1.165) is 5.56 Å². The fourth-order valence-electron chi connectivity index (χ4n) is 5.84. The van der Waals surface area contributed by atoms with Crippen molar-refractivity contribution in [3.05, 3.63) is 35.9 Å². The van der Waals surface area contributed by atoms with Crippen LogP contribution in [0.25, 0.3) is 0 Å². The lowest BCUT2D eigenvalue weighted by molar-refractivity contribution is -0.154. The molecule has 1 spiro atoms. The molecule has 3 unspecified atom stereocenters. The Labute approximate surface area is 213 Å². The van der Waals surface area contributed by atoms with Crippen molar-refractivity contribution in [2.75, 3.05) is 13.2 Å². The van der Waals surface area contributed by atoms with E-state index in [4.69, 9.17) is 4.74 Å². The standard InChI is InChI=1S/C25H33BrN2O5S/c1-5-33-23(32)17-18-22(31)28(15(13-29)11-14-9-7-6-8-10-14)20(21(30)27-24(2,3)4)25(18)12-16(26)19(17)34-25/h6-10,15-20,29H,5,11-13H2,1-4H3,(H,27,30)/t15-,16?,17-,18+,19-,20?,25?/m1/s1. The molecule has 2 bridgehead atoms. The highest BCUT2D eigenvalue weighted by molar-refractivity contribution is 9.09. The molecule has 3 fully saturated rings. The van der Waals surface area contributed by atoms with Crippen LogP contribution < -0.4 is 5.32 Å². The van der Waals surface area contributed by atoms with Crippen LogP contribution in [0.3, 0.4) is 0 Å². The van der Waals surface area contributed by atoms with E-state index >= 15 is 0 Å². The third kappa shape index (κ3) is 4.28. The van der Waals surface area contributed by atoms with E-state index in [1.807, 2.05) is 51.1 Å². The Morgan fingerprint density at radius 1 is 1.32 bits per heavy atom. The number of amides is 2. The number of likely N-dealkylation sites (tertiary alicyclic amines) is 1. The molecule has 0 radical (unpaired) electrons. The van der Waals surface area contributed by atoms with Gasteiger partial charge in [-0.1, -0.05) is 46.3 Å². The molecule has 2 N–H and O–H groups in total. The second-order valence-corrected chi connectivity index (χ2v) is 13.1. The second kappa shape index (κ2) is 9.47. The van der Waals surface area contributed by atoms with Gasteiger partial charge >= 0.3 is 5.97 Å². The summed E-state index contributed by atoms with van der Waals surface area (Å²) in [6, 6.07) is 8.26. The molecule has 1 aromatic carbocycles. The number of alkyl halides is 1. The number of aliphatic hydroxyl groups excluding tert-OH is 1. The molecule has 3 aliphatic heterocycles. The molecule has 0 aliphatic carbocycles. The lowest BCUT2D eigenvalue weighted by Gasteiger charge is -2.38. The monoisotopic (exact) mass is 552 g/mol. The highest BCUT2D eigenvalue weighted by Gasteiger charge is 2.76. The predicted molar refractivity (Wildman–Crippen MR) is 135 cm³/mol. The number of nitrogens with one attached hydrogen (secondary N) is 1. The first-order valence-electron chi connectivity index (χ1n) is 11.8. The summed E-state index contributed by atoms with van der Waals surface area (Å²) in [5.74, 6) is -2.15. The first-order valence-corrected chi connectivity index (χ1v) is 13.6. The van der Waals surface area contributed by atoms with Crippen molar-refractivity contribution in [3.63, 3.8) is 0 Å². The molecule has 7 atom stereocenters. The van der Waals surface area contributed by atoms with Crippen LogP contribution in [-0.4, -0.2) is 73.5 Å². The van der Waals surface area contributed by atoms with Gasteiger partial charge in [-0.05, 0) is 46.1 Å². The van der Waals surface area contributed by atoms with Gasteiger partial charge in [-0.15, -0.1) is 11.8 Å². The lowest BCUT2D eigenvalue weighted by Crippen LogP contribution is -2.59. The number of rotatable bonds is 7. The van der Waals surface area contributed by atoms with Crippen molar-refractivity contribution >= 4 is 45.5 Å². The quantitative estimate of drug-likeness (QED) is 0.398. The molecule has 0 aromatic heterocycles. The van der Waals surface area contributed by atoms with E-state index < -0.39 is 34.2 Å². The van der Waals surface area contributed by atoms with Gasteiger partial charge in [-0.3, -0.25) is 14.4 Å². The topological polar surface area (TPSA) is 95.9 Å². The minimum absolute atomic E-state index is 0.0115. The fraction of sp³-hybridized carbons (Fsp3) is 0.640. The van der Waals surface area contributed by atoms with E-state index in [0.29, 0.717) is 12.8 Å². The first-order chi connectivity index (χ1) is 16.0. The molecule has 7 nitrogen and oxygen atoms in total. The number of carbonyl (C=O) groups is 3. The average molecular weight is 554 g/mol. The molecular formula is C25H33BrN2O5S. The maximum atomic E-state index is 14.1. The zero-order chi connectivity index (χ0) is 24.8. The summed E-state index contributed by atoms with van der Waals surface area (Å²) >= 11 is 5.30. The zero-order valence-corrected chi connectivity index (χ0v) is 22.4. The summed E-state index contributed by atoms with van der Waals surface area (Å²) in [6.07, 6.45) is 1.01. The summed E-state index contributed by atoms with van der Waals surface area (Å²) in [5.41, 5.74) is 0.473. The van der Waals surface area contributed by atoms with E-state index in [2.05, 4.69) is 21.2 Å². The molecule has 4 rings (SSSR count). The van der Waals surface area contributed by atoms with Crippen molar-refractivity contribution in [2.45, 2.75) is 73.0 Å². The van der Waals surface area contributed by atoms with Gasteiger partial charge in [0.15, 0.2) is 0 Å². The van der Waals surface area contributed by atoms with Gasteiger partial charge < -0.3 is 20.1 Å². The van der Waals surface area contributed by atoms with E-state index in [-0.39, 0.29) is 41.1 Å². The Kier molecular flexibility index (Phi) is 7.10. The van der Waals surface area contributed by atoms with E-state index in [1.165, 1.54) is 0 Å². The van der Waals surface area contributed by atoms with Gasteiger partial charge in [0.1, 0.15) is 6.04 Å². The van der Waals surface area contributed by atoms with Crippen LogP contribution >= 0.6 is 27.7 Å². The first kappa shape index (κ1) is 25.5. The zero-order valence-electron chi connectivity index (χ0n) is 20.0. The number of aliphatic hydroxyl groups is 1. The van der Waals surface area contributed by atoms with Crippen LogP contribution in [0.1, 0.15) is 39.7 Å². The molecule has 0 saturated carbocycles. The smallest absolute Gasteiger partial charge is 0.310 e. The number of fused-ring (bicyclic) bond motifs is 1. The Hall–Kier alpha value is -1.58. The Bertz CT molecular complexity index is 954. The summed E-state index contributed by atoms with van der Waals surface area (Å²) in [7, 11) is 0. The van der Waals surface area contributed by atoms with Gasteiger partial charge in [0, 0.05) is 15.6 Å². The predicted octanol–water partition coefficient (Wildman–Crippen LogP) is 2.53. The minimum Gasteiger partial charge on any atom is -0.466 e. The molecule has 186 valence electrons. The van der Waals surface area contributed by atoms with Crippen molar-refractivity contribution in [1.82, 2.24) is 10.2 Å². The van der Waals surface area contributed by atoms with Crippen LogP contribution in [0.2, 0.25) is 0 Å². The second-order valence-electron chi connectivity index (χ2n) is 10.4. The number of hydrogen-bond donors (Lipinski definition) is 2. The summed E-state index contributed by atoms with van der Waals surface area (Å²) in [5, 5.41) is 13.3. The Morgan fingerprint density at radius 2 is 2.00 bits per heavy atom. The number of halogens is 1. The molecule has 2 amide bonds. The number of hydrogen-bond acceptors (Lipinski definition) is 6. The Morgan fingerprint density at radius 3 is 2.59 bits per heavy atom. The van der Waals surface area contributed by atoms with E-state index in [1.54, 1.807) is 23.6 Å². The van der Waals surface area contributed by atoms with Gasteiger partial charge in [0.25, 0.3) is 0 Å². The van der Waals surface area contributed by atoms with Crippen molar-refractivity contribution < 1.29 is 24.2 Å². The third-order valence-corrected chi connectivity index (χ3v) is 10.2.